The second-order valence-corrected chi connectivity index (χ2v) is 7.33. The van der Waals surface area contributed by atoms with Crippen LogP contribution < -0.4 is 5.32 Å². The van der Waals surface area contributed by atoms with Gasteiger partial charge in [-0.2, -0.15) is 0 Å². The van der Waals surface area contributed by atoms with Gasteiger partial charge in [-0.1, -0.05) is 18.1 Å². The molecule has 0 aliphatic heterocycles. The molecule has 0 spiro atoms. The summed E-state index contributed by atoms with van der Waals surface area (Å²) in [4.78, 5) is 17.7. The summed E-state index contributed by atoms with van der Waals surface area (Å²) in [5.74, 6) is 2.40. The molecule has 0 aliphatic rings. The Balaban J connectivity index is 1.94. The highest BCUT2D eigenvalue weighted by Crippen LogP contribution is 2.23. The molecule has 0 fully saturated rings. The van der Waals surface area contributed by atoms with Gasteiger partial charge in [-0.25, -0.2) is 4.98 Å². The predicted octanol–water partition coefficient (Wildman–Crippen LogP) is 3.27. The van der Waals surface area contributed by atoms with Crippen molar-refractivity contribution in [2.24, 2.45) is 0 Å². The van der Waals surface area contributed by atoms with Gasteiger partial charge < -0.3 is 19.2 Å². The number of ether oxygens (including phenoxy) is 2. The van der Waals surface area contributed by atoms with E-state index in [1.54, 1.807) is 20.3 Å². The Morgan fingerprint density at radius 1 is 1.17 bits per heavy atom. The number of nitrogens with one attached hydrogen (secondary N) is 1. The van der Waals surface area contributed by atoms with E-state index in [1.165, 1.54) is 0 Å². The van der Waals surface area contributed by atoms with Crippen molar-refractivity contribution in [2.75, 3.05) is 14.2 Å². The summed E-state index contributed by atoms with van der Waals surface area (Å²) in [7, 11) is 3.25. The van der Waals surface area contributed by atoms with E-state index in [-0.39, 0.29) is 5.91 Å². The molecule has 0 aliphatic carbocycles. The topological polar surface area (TPSA) is 64.9 Å². The van der Waals surface area contributed by atoms with Gasteiger partial charge in [0.15, 0.2) is 0 Å². The molecule has 2 heterocycles. The summed E-state index contributed by atoms with van der Waals surface area (Å²) < 4.78 is 12.4. The molecule has 3 rings (SSSR count). The molecule has 6 nitrogen and oxygen atoms in total. The zero-order valence-electron chi connectivity index (χ0n) is 17.2. The van der Waals surface area contributed by atoms with Crippen LogP contribution in [0.1, 0.15) is 46.7 Å². The minimum Gasteiger partial charge on any atom is -0.378 e. The number of carbonyl (C=O) groups is 1. The highest BCUT2D eigenvalue weighted by molar-refractivity contribution is 6.00. The van der Waals surface area contributed by atoms with Crippen LogP contribution in [0.25, 0.3) is 5.65 Å². The fourth-order valence-corrected chi connectivity index (χ4v) is 3.26. The Morgan fingerprint density at radius 2 is 1.86 bits per heavy atom. The monoisotopic (exact) mass is 391 g/mol. The van der Waals surface area contributed by atoms with Crippen molar-refractivity contribution >= 4 is 11.6 Å². The van der Waals surface area contributed by atoms with Crippen molar-refractivity contribution in [3.8, 4) is 12.3 Å². The van der Waals surface area contributed by atoms with E-state index in [4.69, 9.17) is 15.9 Å². The summed E-state index contributed by atoms with van der Waals surface area (Å²) in [5, 5.41) is 3.10. The van der Waals surface area contributed by atoms with E-state index in [0.29, 0.717) is 24.4 Å². The fraction of sp³-hybridized carbons (Fsp3) is 0.304. The minimum absolute atomic E-state index is 0.205. The Morgan fingerprint density at radius 3 is 2.48 bits per heavy atom. The first-order valence-electron chi connectivity index (χ1n) is 9.27. The second-order valence-electron chi connectivity index (χ2n) is 7.33. The van der Waals surface area contributed by atoms with Crippen molar-refractivity contribution in [1.29, 1.82) is 0 Å². The lowest BCUT2D eigenvalue weighted by Crippen LogP contribution is -2.41. The van der Waals surface area contributed by atoms with Crippen LogP contribution in [0, 0.1) is 12.3 Å². The van der Waals surface area contributed by atoms with Crippen LogP contribution in [-0.4, -0.2) is 29.5 Å². The first-order valence-corrected chi connectivity index (χ1v) is 9.27. The van der Waals surface area contributed by atoms with Gasteiger partial charge in [0.1, 0.15) is 5.65 Å². The molecule has 150 valence electrons. The molecule has 0 bridgehead atoms. The number of terminal acetylenes is 1. The molecule has 0 unspecified atom stereocenters. The van der Waals surface area contributed by atoms with Crippen molar-refractivity contribution in [3.05, 3.63) is 70.7 Å². The number of aromatic nitrogens is 2. The van der Waals surface area contributed by atoms with Crippen molar-refractivity contribution in [2.45, 2.75) is 32.6 Å². The van der Waals surface area contributed by atoms with Gasteiger partial charge in [0.25, 0.3) is 5.91 Å². The molecule has 0 saturated heterocycles. The number of carbonyl (C=O) groups excluding carboxylic acids is 1. The standard InChI is InChI=1S/C23H25N3O3/c1-6-16-7-9-17(10-8-16)23(2,3)25-22(27)20-11-12-26-19(15-29-5)13-18(14-28-4)24-21(20)26/h1,7-13H,14-15H2,2-5H3,(H,25,27). The Bertz CT molecular complexity index is 1060. The van der Waals surface area contributed by atoms with Crippen molar-refractivity contribution < 1.29 is 14.3 Å². The number of benzene rings is 1. The normalized spacial score (nSPS) is 11.4. The van der Waals surface area contributed by atoms with Gasteiger partial charge in [-0.05, 0) is 43.7 Å². The molecule has 1 aromatic carbocycles. The smallest absolute Gasteiger partial charge is 0.255 e. The molecular weight excluding hydrogens is 366 g/mol. The maximum atomic E-state index is 13.1. The van der Waals surface area contributed by atoms with E-state index >= 15 is 0 Å². The first kappa shape index (κ1) is 20.6. The van der Waals surface area contributed by atoms with Crippen LogP contribution in [0.15, 0.2) is 42.6 Å². The fourth-order valence-electron chi connectivity index (χ4n) is 3.26. The van der Waals surface area contributed by atoms with Crippen molar-refractivity contribution in [1.82, 2.24) is 14.7 Å². The van der Waals surface area contributed by atoms with Crippen LogP contribution in [-0.2, 0) is 28.2 Å². The van der Waals surface area contributed by atoms with Crippen molar-refractivity contribution in [3.63, 3.8) is 0 Å². The predicted molar refractivity (Wildman–Crippen MR) is 111 cm³/mol. The lowest BCUT2D eigenvalue weighted by atomic mass is 9.93. The Kier molecular flexibility index (Phi) is 6.02. The number of methoxy groups -OCH3 is 2. The molecular formula is C23H25N3O3. The molecule has 3 aromatic rings. The van der Waals surface area contributed by atoms with E-state index in [0.717, 1.165) is 22.5 Å². The molecule has 1 N–H and O–H groups in total. The molecule has 2 aromatic heterocycles. The van der Waals surface area contributed by atoms with Gasteiger partial charge >= 0.3 is 0 Å². The summed E-state index contributed by atoms with van der Waals surface area (Å²) in [6.45, 7) is 4.66. The zero-order valence-corrected chi connectivity index (χ0v) is 17.2. The third-order valence-electron chi connectivity index (χ3n) is 4.78. The minimum atomic E-state index is -0.585. The first-order chi connectivity index (χ1) is 13.9. The summed E-state index contributed by atoms with van der Waals surface area (Å²) in [6, 6.07) is 11.3. The van der Waals surface area contributed by atoms with E-state index < -0.39 is 5.54 Å². The van der Waals surface area contributed by atoms with Gasteiger partial charge in [0.2, 0.25) is 0 Å². The van der Waals surface area contributed by atoms with Crippen LogP contribution in [0.2, 0.25) is 0 Å². The Labute approximate surface area is 170 Å². The summed E-state index contributed by atoms with van der Waals surface area (Å²) in [5.41, 5.74) is 3.88. The molecule has 0 saturated carbocycles. The number of amides is 1. The van der Waals surface area contributed by atoms with Gasteiger partial charge in [0.05, 0.1) is 35.7 Å². The van der Waals surface area contributed by atoms with Crippen LogP contribution in [0.3, 0.4) is 0 Å². The molecule has 0 radical (unpaired) electrons. The third kappa shape index (κ3) is 4.32. The molecule has 1 amide bonds. The van der Waals surface area contributed by atoms with Gasteiger partial charge in [-0.3, -0.25) is 4.79 Å². The van der Waals surface area contributed by atoms with Crippen LogP contribution in [0.4, 0.5) is 0 Å². The number of hydrogen-bond donors (Lipinski definition) is 1. The van der Waals surface area contributed by atoms with Gasteiger partial charge in [0, 0.05) is 26.0 Å². The molecule has 6 heteroatoms. The maximum absolute atomic E-state index is 13.1. The lowest BCUT2D eigenvalue weighted by Gasteiger charge is -2.27. The number of nitrogens with zero attached hydrogens (tertiary/aromatic N) is 2. The van der Waals surface area contributed by atoms with Crippen LogP contribution in [0.5, 0.6) is 0 Å². The highest BCUT2D eigenvalue weighted by Gasteiger charge is 2.25. The largest absolute Gasteiger partial charge is 0.378 e. The van der Waals surface area contributed by atoms with Gasteiger partial charge in [-0.15, -0.1) is 6.42 Å². The molecule has 0 atom stereocenters. The highest BCUT2D eigenvalue weighted by atomic mass is 16.5. The number of fused-ring (bicyclic) bond motifs is 1. The second kappa shape index (κ2) is 8.48. The zero-order chi connectivity index (χ0) is 21.0. The maximum Gasteiger partial charge on any atom is 0.255 e. The lowest BCUT2D eigenvalue weighted by molar-refractivity contribution is 0.0913. The average Bonchev–Trinajstić information content (AvgIpc) is 3.12. The average molecular weight is 391 g/mol. The van der Waals surface area contributed by atoms with E-state index in [9.17, 15) is 4.79 Å². The SMILES string of the molecule is C#Cc1ccc(C(C)(C)NC(=O)c2ccn3c(COC)cc(COC)nc23)cc1. The van der Waals surface area contributed by atoms with Crippen LogP contribution >= 0.6 is 0 Å². The van der Waals surface area contributed by atoms with E-state index in [1.807, 2.05) is 54.8 Å². The third-order valence-corrected chi connectivity index (χ3v) is 4.78. The van der Waals surface area contributed by atoms with E-state index in [2.05, 4.69) is 16.2 Å². The Hall–Kier alpha value is -3.14. The quantitative estimate of drug-likeness (QED) is 0.628. The summed E-state index contributed by atoms with van der Waals surface area (Å²) >= 11 is 0. The molecule has 29 heavy (non-hydrogen) atoms. The number of hydrogen-bond acceptors (Lipinski definition) is 4. The number of rotatable bonds is 7. The summed E-state index contributed by atoms with van der Waals surface area (Å²) in [6.07, 6.45) is 7.26.